The number of amides is 2. The molecule has 3 heterocycles. The highest BCUT2D eigenvalue weighted by molar-refractivity contribution is 5.91. The Morgan fingerprint density at radius 1 is 1.21 bits per heavy atom. The zero-order valence-electron chi connectivity index (χ0n) is 14.3. The van der Waals surface area contributed by atoms with Gasteiger partial charge in [0.25, 0.3) is 0 Å². The Bertz CT molecular complexity index is 524. The number of carbonyl (C=O) groups is 3. The van der Waals surface area contributed by atoms with E-state index in [0.717, 1.165) is 32.4 Å². The van der Waals surface area contributed by atoms with Crippen molar-refractivity contribution in [2.24, 2.45) is 5.92 Å². The lowest BCUT2D eigenvalue weighted by molar-refractivity contribution is -0.149. The second-order valence-corrected chi connectivity index (χ2v) is 7.15. The van der Waals surface area contributed by atoms with Gasteiger partial charge in [0.1, 0.15) is 6.04 Å². The predicted octanol–water partition coefficient (Wildman–Crippen LogP) is 0.395. The summed E-state index contributed by atoms with van der Waals surface area (Å²) in [5.41, 5.74) is 0. The van der Waals surface area contributed by atoms with Crippen LogP contribution in [0.3, 0.4) is 0 Å². The van der Waals surface area contributed by atoms with Crippen LogP contribution in [0.1, 0.15) is 39.0 Å². The fraction of sp³-hybridized carbons (Fsp3) is 0.824. The standard InChI is InChI=1S/C17H27N3O4/c1-2-18-7-3-5-13(18)11-19-10-12(9-15(19)21)16(22)20-8-4-6-14(20)17(23)24/h12-14H,2-11H2,1H3,(H,23,24)/t12-,13-,14+/m0/s1. The third-order valence-electron chi connectivity index (χ3n) is 5.72. The summed E-state index contributed by atoms with van der Waals surface area (Å²) < 4.78 is 0. The zero-order chi connectivity index (χ0) is 17.3. The molecule has 0 aromatic heterocycles. The van der Waals surface area contributed by atoms with Crippen molar-refractivity contribution in [2.75, 3.05) is 32.7 Å². The summed E-state index contributed by atoms with van der Waals surface area (Å²) in [4.78, 5) is 42.0. The minimum absolute atomic E-state index is 0.0300. The smallest absolute Gasteiger partial charge is 0.326 e. The van der Waals surface area contributed by atoms with Gasteiger partial charge in [0.15, 0.2) is 0 Å². The van der Waals surface area contributed by atoms with Crippen LogP contribution in [0.4, 0.5) is 0 Å². The summed E-state index contributed by atoms with van der Waals surface area (Å²) in [7, 11) is 0. The number of carbonyl (C=O) groups excluding carboxylic acids is 2. The molecule has 1 N–H and O–H groups in total. The average Bonchev–Trinajstić information content (AvgIpc) is 3.27. The Morgan fingerprint density at radius 3 is 2.67 bits per heavy atom. The third kappa shape index (κ3) is 3.27. The Balaban J connectivity index is 1.60. The van der Waals surface area contributed by atoms with E-state index in [4.69, 9.17) is 0 Å². The van der Waals surface area contributed by atoms with Gasteiger partial charge >= 0.3 is 5.97 Å². The van der Waals surface area contributed by atoms with E-state index in [-0.39, 0.29) is 24.2 Å². The number of carboxylic acid groups (broad SMARTS) is 1. The van der Waals surface area contributed by atoms with Gasteiger partial charge in [-0.1, -0.05) is 6.92 Å². The Labute approximate surface area is 142 Å². The lowest BCUT2D eigenvalue weighted by Crippen LogP contribution is -2.45. The Hall–Kier alpha value is -1.63. The summed E-state index contributed by atoms with van der Waals surface area (Å²) in [6.45, 7) is 5.83. The van der Waals surface area contributed by atoms with Crippen LogP contribution in [0, 0.1) is 5.92 Å². The molecule has 7 nitrogen and oxygen atoms in total. The van der Waals surface area contributed by atoms with Crippen molar-refractivity contribution in [1.82, 2.24) is 14.7 Å². The predicted molar refractivity (Wildman–Crippen MR) is 87.3 cm³/mol. The van der Waals surface area contributed by atoms with E-state index in [0.29, 0.717) is 32.1 Å². The highest BCUT2D eigenvalue weighted by Gasteiger charge is 2.42. The molecule has 3 atom stereocenters. The molecule has 3 saturated heterocycles. The van der Waals surface area contributed by atoms with Gasteiger partial charge in [-0.2, -0.15) is 0 Å². The maximum atomic E-state index is 12.7. The number of likely N-dealkylation sites (N-methyl/N-ethyl adjacent to an activating group) is 1. The van der Waals surface area contributed by atoms with Crippen LogP contribution in [-0.2, 0) is 14.4 Å². The average molecular weight is 337 g/mol. The maximum absolute atomic E-state index is 12.7. The number of rotatable bonds is 5. The highest BCUT2D eigenvalue weighted by Crippen LogP contribution is 2.27. The molecule has 0 radical (unpaired) electrons. The molecule has 3 aliphatic heterocycles. The van der Waals surface area contributed by atoms with Crippen molar-refractivity contribution in [2.45, 2.75) is 51.1 Å². The fourth-order valence-corrected chi connectivity index (χ4v) is 4.41. The van der Waals surface area contributed by atoms with Crippen molar-refractivity contribution in [3.05, 3.63) is 0 Å². The molecule has 0 unspecified atom stereocenters. The molecule has 0 aliphatic carbocycles. The topological polar surface area (TPSA) is 81.2 Å². The Morgan fingerprint density at radius 2 is 1.96 bits per heavy atom. The minimum atomic E-state index is -0.938. The third-order valence-corrected chi connectivity index (χ3v) is 5.72. The van der Waals surface area contributed by atoms with E-state index < -0.39 is 12.0 Å². The first-order valence-corrected chi connectivity index (χ1v) is 9.06. The summed E-state index contributed by atoms with van der Waals surface area (Å²) in [5.74, 6) is -1.45. The van der Waals surface area contributed by atoms with Crippen LogP contribution in [0.25, 0.3) is 0 Å². The van der Waals surface area contributed by atoms with Gasteiger partial charge in [-0.25, -0.2) is 4.79 Å². The van der Waals surface area contributed by atoms with Crippen LogP contribution in [-0.4, -0.2) is 82.4 Å². The first kappa shape index (κ1) is 17.2. The molecule has 0 aromatic carbocycles. The van der Waals surface area contributed by atoms with Crippen LogP contribution in [0.15, 0.2) is 0 Å². The summed E-state index contributed by atoms with van der Waals surface area (Å²) >= 11 is 0. The SMILES string of the molecule is CCN1CCC[C@H]1CN1C[C@@H](C(=O)N2CCC[C@@H]2C(=O)O)CC1=O. The van der Waals surface area contributed by atoms with Crippen LogP contribution < -0.4 is 0 Å². The molecule has 0 aromatic rings. The van der Waals surface area contributed by atoms with Crippen molar-refractivity contribution in [1.29, 1.82) is 0 Å². The molecule has 2 amide bonds. The molecular weight excluding hydrogens is 310 g/mol. The van der Waals surface area contributed by atoms with Crippen LogP contribution in [0.5, 0.6) is 0 Å². The van der Waals surface area contributed by atoms with Gasteiger partial charge in [0, 0.05) is 32.1 Å². The molecule has 3 rings (SSSR count). The van der Waals surface area contributed by atoms with E-state index >= 15 is 0 Å². The van der Waals surface area contributed by atoms with Crippen LogP contribution >= 0.6 is 0 Å². The van der Waals surface area contributed by atoms with Crippen molar-refractivity contribution in [3.8, 4) is 0 Å². The second-order valence-electron chi connectivity index (χ2n) is 7.15. The van der Waals surface area contributed by atoms with Gasteiger partial charge < -0.3 is 14.9 Å². The number of nitrogens with zero attached hydrogens (tertiary/aromatic N) is 3. The number of hydrogen-bond donors (Lipinski definition) is 1. The normalized spacial score (nSPS) is 31.2. The van der Waals surface area contributed by atoms with E-state index in [1.165, 1.54) is 4.90 Å². The van der Waals surface area contributed by atoms with Gasteiger partial charge in [0.2, 0.25) is 11.8 Å². The zero-order valence-corrected chi connectivity index (χ0v) is 14.3. The molecular formula is C17H27N3O4. The van der Waals surface area contributed by atoms with Crippen molar-refractivity contribution in [3.63, 3.8) is 0 Å². The van der Waals surface area contributed by atoms with Gasteiger partial charge in [-0.05, 0) is 38.8 Å². The van der Waals surface area contributed by atoms with Gasteiger partial charge in [-0.3, -0.25) is 14.5 Å². The number of likely N-dealkylation sites (tertiary alicyclic amines) is 3. The molecule has 0 saturated carbocycles. The summed E-state index contributed by atoms with van der Waals surface area (Å²) in [6.07, 6.45) is 3.72. The second kappa shape index (κ2) is 7.09. The fourth-order valence-electron chi connectivity index (χ4n) is 4.41. The van der Waals surface area contributed by atoms with E-state index in [1.54, 1.807) is 0 Å². The molecule has 24 heavy (non-hydrogen) atoms. The van der Waals surface area contributed by atoms with Crippen molar-refractivity contribution >= 4 is 17.8 Å². The molecule has 0 spiro atoms. The first-order valence-electron chi connectivity index (χ1n) is 9.06. The lowest BCUT2D eigenvalue weighted by atomic mass is 10.1. The van der Waals surface area contributed by atoms with E-state index in [2.05, 4.69) is 11.8 Å². The lowest BCUT2D eigenvalue weighted by Gasteiger charge is -2.28. The molecule has 7 heteroatoms. The molecule has 134 valence electrons. The Kier molecular flexibility index (Phi) is 5.08. The number of carboxylic acids is 1. The van der Waals surface area contributed by atoms with Crippen molar-refractivity contribution < 1.29 is 19.5 Å². The number of hydrogen-bond acceptors (Lipinski definition) is 4. The van der Waals surface area contributed by atoms with E-state index in [9.17, 15) is 19.5 Å². The van der Waals surface area contributed by atoms with Gasteiger partial charge in [-0.15, -0.1) is 0 Å². The first-order chi connectivity index (χ1) is 11.5. The minimum Gasteiger partial charge on any atom is -0.480 e. The monoisotopic (exact) mass is 337 g/mol. The quantitative estimate of drug-likeness (QED) is 0.785. The molecule has 0 bridgehead atoms. The molecule has 3 fully saturated rings. The summed E-state index contributed by atoms with van der Waals surface area (Å²) in [5, 5.41) is 9.25. The van der Waals surface area contributed by atoms with Crippen LogP contribution in [0.2, 0.25) is 0 Å². The largest absolute Gasteiger partial charge is 0.480 e. The van der Waals surface area contributed by atoms with Gasteiger partial charge in [0.05, 0.1) is 5.92 Å². The highest BCUT2D eigenvalue weighted by atomic mass is 16.4. The van der Waals surface area contributed by atoms with E-state index in [1.807, 2.05) is 4.90 Å². The summed E-state index contributed by atoms with van der Waals surface area (Å²) in [6, 6.07) is -0.321. The maximum Gasteiger partial charge on any atom is 0.326 e. The molecule has 3 aliphatic rings. The number of aliphatic carboxylic acids is 1.